The van der Waals surface area contributed by atoms with Crippen molar-refractivity contribution in [3.63, 3.8) is 0 Å². The Kier molecular flexibility index (Phi) is 26.5. The molecule has 0 aliphatic carbocycles. The van der Waals surface area contributed by atoms with E-state index in [1.807, 2.05) is 6.92 Å². The van der Waals surface area contributed by atoms with E-state index in [1.54, 1.807) is 0 Å². The summed E-state index contributed by atoms with van der Waals surface area (Å²) in [7, 11) is 0. The second-order valence-electron chi connectivity index (χ2n) is 18.1. The quantitative estimate of drug-likeness (QED) is 0.0180. The third-order valence-corrected chi connectivity index (χ3v) is 12.4. The predicted molar refractivity (Wildman–Crippen MR) is 235 cm³/mol. The van der Waals surface area contributed by atoms with Crippen LogP contribution in [0.5, 0.6) is 0 Å². The molecule has 4 fully saturated rings. The van der Waals surface area contributed by atoms with Gasteiger partial charge in [-0.05, 0) is 33.1 Å². The number of ether oxygens (including phenoxy) is 8. The molecule has 418 valence electrons. The van der Waals surface area contributed by atoms with Gasteiger partial charge in [-0.25, -0.2) is 10.1 Å². The topological polar surface area (TPSA) is 442 Å². The average molecular weight is 1050 g/mol. The molecule has 29 nitrogen and oxygen atoms in total. The van der Waals surface area contributed by atoms with Crippen molar-refractivity contribution < 1.29 is 128 Å². The van der Waals surface area contributed by atoms with Gasteiger partial charge in [-0.3, -0.25) is 24.1 Å². The van der Waals surface area contributed by atoms with Crippen molar-refractivity contribution in [2.45, 2.75) is 188 Å². The fourth-order valence-corrected chi connectivity index (χ4v) is 8.22. The number of rotatable bonds is 30. The van der Waals surface area contributed by atoms with Crippen LogP contribution in [0.4, 0.5) is 0 Å². The number of Topliss-reactive ketones (excluding diaryl/α,β-unsaturated/α-hetero) is 2. The number of carbonyl (C=O) groups is 4. The molecule has 0 aromatic heterocycles. The fraction of sp³-hybridized carbons (Fsp3) is 0.907. The maximum absolute atomic E-state index is 13.3. The Morgan fingerprint density at radius 3 is 1.69 bits per heavy atom. The second kappa shape index (κ2) is 30.8. The fourth-order valence-electron chi connectivity index (χ4n) is 8.22. The summed E-state index contributed by atoms with van der Waals surface area (Å²) in [6, 6.07) is 0. The lowest BCUT2D eigenvalue weighted by Crippen LogP contribution is -2.65. The van der Waals surface area contributed by atoms with Crippen LogP contribution in [-0.4, -0.2) is 277 Å². The first-order chi connectivity index (χ1) is 34.2. The van der Waals surface area contributed by atoms with Gasteiger partial charge >= 0.3 is 0 Å². The highest BCUT2D eigenvalue weighted by Crippen LogP contribution is 2.31. The molecule has 0 radical (unpaired) electrons. The van der Waals surface area contributed by atoms with Crippen molar-refractivity contribution in [1.29, 1.82) is 0 Å². The lowest BCUT2D eigenvalue weighted by Gasteiger charge is -2.46. The van der Waals surface area contributed by atoms with Crippen LogP contribution in [0, 0.1) is 0 Å². The molecule has 72 heavy (non-hydrogen) atoms. The standard InChI is InChI=1S/C43H75N3O26/c1-3-44-25(50)11-7-5-4-6-9-21(48)15-46(16-22(49)10-8-13-64-39-33(58)30(55)27(52)20(2)67-39)17-26(51)45-12-14-65-41-37(62)38(70-42-35(60)31(56)28(53)23(18-47)68-42)29(54)24(69-41)19-66-40-34(59)32(57)36(61)43(71-40)72-63/h20,23-24,27-43,47,52-63H,3-19H2,1-2H3,(H,44,50)(H,45,51)/t20-,23+,24+,27+,28+,29+,30+,31-,32+,33-,34-,35-,36-,37-,38-,39+,40-,41-,42+,43+/m0/s1. The molecule has 4 heterocycles. The molecular weight excluding hydrogens is 974 g/mol. The van der Waals surface area contributed by atoms with Crippen LogP contribution in [0.25, 0.3) is 0 Å². The second-order valence-corrected chi connectivity index (χ2v) is 18.1. The van der Waals surface area contributed by atoms with Gasteiger partial charge in [-0.1, -0.05) is 12.8 Å². The maximum Gasteiger partial charge on any atom is 0.234 e. The van der Waals surface area contributed by atoms with E-state index in [4.69, 9.17) is 43.2 Å². The summed E-state index contributed by atoms with van der Waals surface area (Å²) in [5, 5.41) is 139. The van der Waals surface area contributed by atoms with Crippen molar-refractivity contribution in [1.82, 2.24) is 15.5 Å². The van der Waals surface area contributed by atoms with E-state index in [1.165, 1.54) is 11.8 Å². The van der Waals surface area contributed by atoms with Gasteiger partial charge in [0, 0.05) is 32.4 Å². The minimum atomic E-state index is -1.98. The first-order valence-corrected chi connectivity index (χ1v) is 24.0. The summed E-state index contributed by atoms with van der Waals surface area (Å²) in [4.78, 5) is 56.5. The van der Waals surface area contributed by atoms with E-state index in [9.17, 15) is 80.5 Å². The van der Waals surface area contributed by atoms with Crippen molar-refractivity contribution >= 4 is 23.4 Å². The average Bonchev–Trinajstić information content (AvgIpc) is 3.34. The Hall–Kier alpha value is -2.64. The number of aliphatic hydroxyl groups excluding tert-OH is 12. The molecule has 15 N–H and O–H groups in total. The van der Waals surface area contributed by atoms with E-state index in [0.29, 0.717) is 38.6 Å². The number of unbranched alkanes of at least 4 members (excludes halogenated alkanes) is 3. The highest BCUT2D eigenvalue weighted by Gasteiger charge is 2.52. The summed E-state index contributed by atoms with van der Waals surface area (Å²) < 4.78 is 44.0. The van der Waals surface area contributed by atoms with E-state index >= 15 is 0 Å². The zero-order valence-electron chi connectivity index (χ0n) is 40.1. The number of aliphatic hydroxyl groups is 12. The van der Waals surface area contributed by atoms with Crippen LogP contribution in [0.1, 0.15) is 65.2 Å². The molecule has 4 rings (SSSR count). The monoisotopic (exact) mass is 1050 g/mol. The molecule has 0 aromatic rings. The molecule has 0 saturated carbocycles. The first kappa shape index (κ1) is 61.9. The Morgan fingerprint density at radius 1 is 0.514 bits per heavy atom. The highest BCUT2D eigenvalue weighted by atomic mass is 17.1. The molecule has 4 aliphatic rings. The minimum absolute atomic E-state index is 0.0603. The molecule has 0 unspecified atom stereocenters. The highest BCUT2D eigenvalue weighted by molar-refractivity contribution is 5.85. The normalized spacial score (nSPS) is 37.3. The number of carbonyl (C=O) groups excluding carboxylic acids is 4. The molecule has 20 atom stereocenters. The number of hydrogen-bond acceptors (Lipinski definition) is 27. The van der Waals surface area contributed by atoms with Crippen LogP contribution in [0.2, 0.25) is 0 Å². The molecular formula is C43H75N3O26. The van der Waals surface area contributed by atoms with Gasteiger partial charge in [-0.2, -0.15) is 0 Å². The van der Waals surface area contributed by atoms with Crippen molar-refractivity contribution in [3.8, 4) is 0 Å². The Balaban J connectivity index is 1.36. The molecule has 4 saturated heterocycles. The van der Waals surface area contributed by atoms with Crippen LogP contribution >= 0.6 is 0 Å². The molecule has 29 heteroatoms. The van der Waals surface area contributed by atoms with Gasteiger partial charge in [0.15, 0.2) is 25.2 Å². The Bertz CT molecular complexity index is 1640. The lowest BCUT2D eigenvalue weighted by molar-refractivity contribution is -0.430. The van der Waals surface area contributed by atoms with Crippen molar-refractivity contribution in [2.24, 2.45) is 0 Å². The Morgan fingerprint density at radius 2 is 1.06 bits per heavy atom. The SMILES string of the molecule is CCNC(=O)CCCCCCC(=O)CN(CC(=O)CCCO[C@@H]1O[C@@H](C)[C@@H](O)[C@@H](O)[C@@H]1O)CC(=O)NCCO[C@H]1O[C@H](CO[C@H]2O[C@H](OO)[C@@H](O)[C@H](O)[C@@H]2O)[C@@H](O)[C@H](O[C@H]2O[C@H](CO)[C@@H](O)[C@H](O)[C@@H]2O)[C@@H]1O. The predicted octanol–water partition coefficient (Wildman–Crippen LogP) is -7.44. The van der Waals surface area contributed by atoms with E-state index in [2.05, 4.69) is 15.5 Å². The van der Waals surface area contributed by atoms with Crippen molar-refractivity contribution in [2.75, 3.05) is 59.2 Å². The number of ketones is 2. The lowest BCUT2D eigenvalue weighted by atomic mass is 9.97. The molecule has 2 amide bonds. The summed E-state index contributed by atoms with van der Waals surface area (Å²) in [6.45, 7) is 0.424. The Labute approximate surface area is 414 Å². The summed E-state index contributed by atoms with van der Waals surface area (Å²) in [5.41, 5.74) is 0. The van der Waals surface area contributed by atoms with Gasteiger partial charge in [0.05, 0.1) is 52.2 Å². The number of nitrogens with one attached hydrogen (secondary N) is 2. The summed E-state index contributed by atoms with van der Waals surface area (Å²) >= 11 is 0. The minimum Gasteiger partial charge on any atom is -0.394 e. The summed E-state index contributed by atoms with van der Waals surface area (Å²) in [6.07, 6.45) is -30.9. The van der Waals surface area contributed by atoms with Gasteiger partial charge < -0.3 is 110 Å². The number of hydrogen-bond donors (Lipinski definition) is 15. The van der Waals surface area contributed by atoms with Gasteiger partial charge in [0.1, 0.15) is 97.0 Å². The molecule has 0 bridgehead atoms. The van der Waals surface area contributed by atoms with Crippen LogP contribution in [0.3, 0.4) is 0 Å². The first-order valence-electron chi connectivity index (χ1n) is 24.0. The van der Waals surface area contributed by atoms with E-state index in [-0.39, 0.29) is 63.0 Å². The zero-order chi connectivity index (χ0) is 53.2. The maximum atomic E-state index is 13.3. The molecule has 4 aliphatic heterocycles. The van der Waals surface area contributed by atoms with E-state index in [0.717, 1.165) is 0 Å². The van der Waals surface area contributed by atoms with Crippen LogP contribution < -0.4 is 10.6 Å². The number of nitrogens with zero attached hydrogens (tertiary/aromatic N) is 1. The van der Waals surface area contributed by atoms with Crippen molar-refractivity contribution in [3.05, 3.63) is 0 Å². The summed E-state index contributed by atoms with van der Waals surface area (Å²) in [5.74, 6) is -1.35. The zero-order valence-corrected chi connectivity index (χ0v) is 40.1. The van der Waals surface area contributed by atoms with Gasteiger partial charge in [0.25, 0.3) is 0 Å². The van der Waals surface area contributed by atoms with Crippen LogP contribution in [0.15, 0.2) is 0 Å². The van der Waals surface area contributed by atoms with Gasteiger partial charge in [0.2, 0.25) is 18.1 Å². The van der Waals surface area contributed by atoms with E-state index < -0.39 is 155 Å². The number of amides is 2. The van der Waals surface area contributed by atoms with Crippen LogP contribution in [-0.2, 0) is 62.0 Å². The largest absolute Gasteiger partial charge is 0.394 e. The smallest absolute Gasteiger partial charge is 0.234 e. The third kappa shape index (κ3) is 18.0. The molecule has 0 spiro atoms. The third-order valence-electron chi connectivity index (χ3n) is 12.4. The molecule has 0 aromatic carbocycles. The van der Waals surface area contributed by atoms with Gasteiger partial charge in [-0.15, -0.1) is 0 Å².